The fourth-order valence-corrected chi connectivity index (χ4v) is 14.3. The van der Waals surface area contributed by atoms with E-state index in [2.05, 4.69) is 113 Å². The van der Waals surface area contributed by atoms with Gasteiger partial charge >= 0.3 is 6.09 Å². The van der Waals surface area contributed by atoms with Crippen LogP contribution in [-0.2, 0) is 33.4 Å². The maximum Gasteiger partial charge on any atom is 0.407 e. The monoisotopic (exact) mass is 1190 g/mol. The van der Waals surface area contributed by atoms with Gasteiger partial charge < -0.3 is 26.4 Å². The van der Waals surface area contributed by atoms with Crippen molar-refractivity contribution in [3.8, 4) is 11.1 Å². The summed E-state index contributed by atoms with van der Waals surface area (Å²) in [6.45, 7) is 6.18. The van der Waals surface area contributed by atoms with E-state index in [1.807, 2.05) is 147 Å². The second kappa shape index (κ2) is 33.6. The smallest absolute Gasteiger partial charge is 0.407 e. The number of thioether (sulfide) groups is 2. The van der Waals surface area contributed by atoms with E-state index < -0.39 is 39.5 Å². The molecule has 448 valence electrons. The average Bonchev–Trinajstić information content (AvgIpc) is 1.89. The van der Waals surface area contributed by atoms with Crippen LogP contribution in [0.2, 0.25) is 0 Å². The van der Waals surface area contributed by atoms with Crippen molar-refractivity contribution in [2.24, 2.45) is 17.6 Å². The highest BCUT2D eigenvalue weighted by molar-refractivity contribution is 8.00. The molecule has 0 radical (unpaired) electrons. The highest BCUT2D eigenvalue weighted by Gasteiger charge is 2.41. The molecule has 4 atom stereocenters. The molecule has 1 aliphatic carbocycles. The Hall–Kier alpha value is -8.03. The predicted molar refractivity (Wildman–Crippen MR) is 356 cm³/mol. The molecule has 0 fully saturated rings. The molecule has 0 bridgehead atoms. The van der Waals surface area contributed by atoms with Crippen LogP contribution in [0, 0.1) is 11.8 Å². The molecular formula is C74H84N4O6S2. The van der Waals surface area contributed by atoms with Crippen LogP contribution in [0.15, 0.2) is 231 Å². The summed E-state index contributed by atoms with van der Waals surface area (Å²) in [5.74, 6) is -0.986. The van der Waals surface area contributed by atoms with Crippen LogP contribution in [0.1, 0.15) is 113 Å². The largest absolute Gasteiger partial charge is 0.449 e. The third kappa shape index (κ3) is 16.1. The van der Waals surface area contributed by atoms with Crippen molar-refractivity contribution in [2.45, 2.75) is 88.3 Å². The molecule has 0 spiro atoms. The van der Waals surface area contributed by atoms with Crippen LogP contribution >= 0.6 is 23.5 Å². The summed E-state index contributed by atoms with van der Waals surface area (Å²) in [5.41, 5.74) is 17.1. The van der Waals surface area contributed by atoms with Crippen molar-refractivity contribution < 1.29 is 30.1 Å². The highest BCUT2D eigenvalue weighted by atomic mass is 32.2. The first-order valence-electron chi connectivity index (χ1n) is 29.9. The highest BCUT2D eigenvalue weighted by Crippen LogP contribution is 2.51. The Bertz CT molecular complexity index is 3160. The lowest BCUT2D eigenvalue weighted by molar-refractivity contribution is -0.129. The number of rotatable bonds is 25. The van der Waals surface area contributed by atoms with Gasteiger partial charge in [0.2, 0.25) is 11.8 Å². The van der Waals surface area contributed by atoms with E-state index >= 15 is 0 Å². The average molecular weight is 1190 g/mol. The first-order valence-corrected chi connectivity index (χ1v) is 31.1. The van der Waals surface area contributed by atoms with E-state index in [-0.39, 0.29) is 56.2 Å². The molecule has 0 saturated heterocycles. The molecule has 86 heavy (non-hydrogen) atoms. The van der Waals surface area contributed by atoms with Gasteiger partial charge in [-0.25, -0.2) is 4.79 Å². The molecule has 0 heterocycles. The van der Waals surface area contributed by atoms with Crippen molar-refractivity contribution in [3.05, 3.63) is 275 Å². The molecule has 8 aromatic carbocycles. The Kier molecular flexibility index (Phi) is 25.6. The summed E-state index contributed by atoms with van der Waals surface area (Å²) in [6, 6.07) is 76.8. The van der Waals surface area contributed by atoms with Crippen molar-refractivity contribution in [2.75, 3.05) is 32.2 Å². The van der Waals surface area contributed by atoms with Crippen molar-refractivity contribution in [1.82, 2.24) is 16.0 Å². The molecule has 9 rings (SSSR count). The zero-order valence-electron chi connectivity index (χ0n) is 50.3. The fraction of sp³-hybridized carbons (Fsp3) is 0.284. The molecule has 0 aromatic heterocycles. The third-order valence-electron chi connectivity index (χ3n) is 15.5. The number of amides is 3. The van der Waals surface area contributed by atoms with Gasteiger partial charge in [-0.3, -0.25) is 19.2 Å². The van der Waals surface area contributed by atoms with Crippen LogP contribution in [0.3, 0.4) is 0 Å². The molecular weight excluding hydrogens is 1100 g/mol. The Labute approximate surface area is 520 Å². The van der Waals surface area contributed by atoms with Gasteiger partial charge in [0.15, 0.2) is 5.78 Å². The minimum absolute atomic E-state index is 0. The number of nitrogens with one attached hydrogen (secondary N) is 3. The van der Waals surface area contributed by atoms with Crippen LogP contribution in [-0.4, -0.2) is 73.8 Å². The summed E-state index contributed by atoms with van der Waals surface area (Å²) in [7, 11) is 3.21. The number of ether oxygens (including phenoxy) is 1. The number of hydrogen-bond donors (Lipinski definition) is 4. The summed E-state index contributed by atoms with van der Waals surface area (Å²) in [6.07, 6.45) is 0.404. The fourth-order valence-electron chi connectivity index (χ4n) is 11.1. The Morgan fingerprint density at radius 1 is 0.500 bits per heavy atom. The van der Waals surface area contributed by atoms with Crippen molar-refractivity contribution in [3.63, 3.8) is 0 Å². The molecule has 4 unspecified atom stereocenters. The number of hydrogen-bond acceptors (Lipinski definition) is 9. The number of alkyl carbamates (subject to hydrolysis) is 1. The molecule has 3 amide bonds. The van der Waals surface area contributed by atoms with Gasteiger partial charge in [-0.1, -0.05) is 266 Å². The van der Waals surface area contributed by atoms with Crippen molar-refractivity contribution in [1.29, 1.82) is 0 Å². The Morgan fingerprint density at radius 3 is 1.10 bits per heavy atom. The normalized spacial score (nSPS) is 13.1. The van der Waals surface area contributed by atoms with Crippen LogP contribution < -0.4 is 21.7 Å². The second-order valence-corrected chi connectivity index (χ2v) is 23.1. The predicted octanol–water partition coefficient (Wildman–Crippen LogP) is 14.8. The van der Waals surface area contributed by atoms with E-state index in [1.54, 1.807) is 44.5 Å². The van der Waals surface area contributed by atoms with Gasteiger partial charge in [0, 0.05) is 45.7 Å². The van der Waals surface area contributed by atoms with Crippen LogP contribution in [0.4, 0.5) is 4.79 Å². The molecule has 5 N–H and O–H groups in total. The molecule has 1 aliphatic rings. The standard InChI is InChI=1S/C43H42N2O4S.C28H32N2O2S.C2H6.CH4/c1-3-39(45-42(48)49-28-38-36-25-15-13-23-34(36)35-24-14-16-26-37(35)38)40(46)27-30(41(47)44-2)29-50-43(31-17-7-4-8-18-31,32-19-9-5-10-20-32)33-21-11-6-12-22-33;1-3-25(29)26(31)19-21(27(32)30-2)20-33-28(22-13-7-4-8-14-22,23-15-9-5-10-16-23)24-17-11-6-12-18-24;1-2;/h4-26,30,38-39H,3,27-29H2,1-2H3,(H,44,47)(H,45,48);4-18,21,25H,3,19-20,29H2,1-2H3,(H,30,32);1-2H3;1H4/i;;1D;. The number of Topliss-reactive ketones (excluding diaryl/α,β-unsaturated/α-hetero) is 2. The maximum atomic E-state index is 13.8. The SMILES string of the molecule is C.CCC(N)C(=O)CC(CSC(c1ccccc1)(c1ccccc1)c1ccccc1)C(=O)NC.CCC(NC(=O)OCC1c2ccccc2-c2ccccc21)C(=O)CC(CSC(c1ccccc1)(c1ccccc1)c1ccccc1)C(=O)NC.[2H]CC. The van der Waals surface area contributed by atoms with Crippen molar-refractivity contribution >= 4 is 53.0 Å². The minimum atomic E-state index is -0.787. The van der Waals surface area contributed by atoms with Gasteiger partial charge in [-0.05, 0) is 68.5 Å². The lowest BCUT2D eigenvalue weighted by atomic mass is 9.84. The lowest BCUT2D eigenvalue weighted by Crippen LogP contribution is -2.43. The molecule has 0 saturated carbocycles. The van der Waals surface area contributed by atoms with E-state index in [0.29, 0.717) is 31.2 Å². The number of carbonyl (C=O) groups is 5. The molecule has 10 nitrogen and oxygen atoms in total. The van der Waals surface area contributed by atoms with Gasteiger partial charge in [0.1, 0.15) is 12.4 Å². The summed E-state index contributed by atoms with van der Waals surface area (Å²) >= 11 is 3.33. The summed E-state index contributed by atoms with van der Waals surface area (Å²) in [4.78, 5) is 65.7. The molecule has 8 aromatic rings. The zero-order valence-corrected chi connectivity index (χ0v) is 51.0. The van der Waals surface area contributed by atoms with Gasteiger partial charge in [-0.15, -0.1) is 23.5 Å². The van der Waals surface area contributed by atoms with Gasteiger partial charge in [0.25, 0.3) is 0 Å². The number of carbonyl (C=O) groups excluding carboxylic acids is 5. The van der Waals surface area contributed by atoms with E-state index in [9.17, 15) is 24.0 Å². The second-order valence-electron chi connectivity index (χ2n) is 20.6. The third-order valence-corrected chi connectivity index (χ3v) is 18.9. The number of fused-ring (bicyclic) bond motifs is 3. The van der Waals surface area contributed by atoms with Crippen LogP contribution in [0.5, 0.6) is 0 Å². The molecule has 12 heteroatoms. The van der Waals surface area contributed by atoms with E-state index in [4.69, 9.17) is 11.8 Å². The number of nitrogens with two attached hydrogens (primary N) is 1. The Balaban J connectivity index is 0.000000284. The number of ketones is 2. The Morgan fingerprint density at radius 2 is 0.802 bits per heavy atom. The van der Waals surface area contributed by atoms with Gasteiger partial charge in [-0.2, -0.15) is 0 Å². The summed E-state index contributed by atoms with van der Waals surface area (Å²) in [5, 5.41) is 8.31. The minimum Gasteiger partial charge on any atom is -0.449 e. The first-order chi connectivity index (χ1) is 41.9. The quantitative estimate of drug-likeness (QED) is 0.0409. The van der Waals surface area contributed by atoms with E-state index in [0.717, 1.165) is 55.6 Å². The first kappa shape index (κ1) is 65.5. The van der Waals surface area contributed by atoms with Crippen LogP contribution in [0.25, 0.3) is 11.1 Å². The summed E-state index contributed by atoms with van der Waals surface area (Å²) < 4.78 is 10.8. The zero-order chi connectivity index (χ0) is 61.3. The molecule has 0 aliphatic heterocycles. The topological polar surface area (TPSA) is 157 Å². The lowest BCUT2D eigenvalue weighted by Gasteiger charge is -2.36. The van der Waals surface area contributed by atoms with E-state index in [1.165, 1.54) is 0 Å². The number of benzene rings is 8. The maximum absolute atomic E-state index is 13.8. The van der Waals surface area contributed by atoms with Gasteiger partial charge in [0.05, 0.1) is 33.4 Å².